The summed E-state index contributed by atoms with van der Waals surface area (Å²) in [5.41, 5.74) is 2.30. The van der Waals surface area contributed by atoms with Crippen molar-refractivity contribution in [3.8, 4) is 0 Å². The third kappa shape index (κ3) is 5.24. The van der Waals surface area contributed by atoms with E-state index in [0.29, 0.717) is 12.8 Å². The molecule has 0 atom stereocenters. The molecule has 170 valence electrons. The molecule has 3 rings (SSSR count). The van der Waals surface area contributed by atoms with E-state index in [0.717, 1.165) is 29.7 Å². The molecule has 0 aromatic heterocycles. The summed E-state index contributed by atoms with van der Waals surface area (Å²) in [7, 11) is -1.24. The number of hydrogen-bond acceptors (Lipinski definition) is 7. The zero-order valence-electron chi connectivity index (χ0n) is 17.8. The van der Waals surface area contributed by atoms with E-state index in [9.17, 15) is 22.8 Å². The van der Waals surface area contributed by atoms with Crippen molar-refractivity contribution in [3.63, 3.8) is 0 Å². The Hall–Kier alpha value is -2.46. The molecule has 1 aliphatic heterocycles. The Labute approximate surface area is 182 Å². The molecular weight excluding hydrogens is 424 g/mol. The van der Waals surface area contributed by atoms with Gasteiger partial charge in [0, 0.05) is 19.0 Å². The summed E-state index contributed by atoms with van der Waals surface area (Å²) in [6.07, 6.45) is 3.53. The number of rotatable bonds is 7. The topological polar surface area (TPSA) is 110 Å². The van der Waals surface area contributed by atoms with Crippen molar-refractivity contribution in [2.75, 3.05) is 40.4 Å². The van der Waals surface area contributed by atoms with Crippen LogP contribution in [0.3, 0.4) is 0 Å². The summed E-state index contributed by atoms with van der Waals surface area (Å²) in [6.45, 7) is -0.337. The van der Waals surface area contributed by atoms with E-state index in [-0.39, 0.29) is 37.0 Å². The van der Waals surface area contributed by atoms with Gasteiger partial charge in [0.15, 0.2) is 0 Å². The third-order valence-electron chi connectivity index (χ3n) is 5.92. The number of fused-ring (bicyclic) bond motifs is 1. The fourth-order valence-electron chi connectivity index (χ4n) is 4.11. The van der Waals surface area contributed by atoms with Crippen molar-refractivity contribution >= 4 is 27.9 Å². The normalized spacial score (nSPS) is 17.1. The monoisotopic (exact) mass is 452 g/mol. The minimum absolute atomic E-state index is 0.195. The molecule has 0 unspecified atom stereocenters. The zero-order valence-corrected chi connectivity index (χ0v) is 18.7. The fourth-order valence-corrected chi connectivity index (χ4v) is 5.63. The molecule has 10 heteroatoms. The average Bonchev–Trinajstić information content (AvgIpc) is 3.26. The van der Waals surface area contributed by atoms with E-state index in [1.54, 1.807) is 12.1 Å². The van der Waals surface area contributed by atoms with Crippen LogP contribution in [0.1, 0.15) is 30.4 Å². The van der Waals surface area contributed by atoms with Crippen LogP contribution in [0.2, 0.25) is 0 Å². The molecule has 1 aliphatic carbocycles. The minimum Gasteiger partial charge on any atom is -0.468 e. The first-order valence-electron chi connectivity index (χ1n) is 10.3. The van der Waals surface area contributed by atoms with Crippen molar-refractivity contribution in [1.82, 2.24) is 9.21 Å². The lowest BCUT2D eigenvalue weighted by Gasteiger charge is -2.33. The van der Waals surface area contributed by atoms with Crippen LogP contribution in [-0.2, 0) is 46.7 Å². The maximum absolute atomic E-state index is 13.1. The predicted molar refractivity (Wildman–Crippen MR) is 111 cm³/mol. The first-order valence-corrected chi connectivity index (χ1v) is 11.7. The lowest BCUT2D eigenvalue weighted by Crippen LogP contribution is -2.47. The molecule has 31 heavy (non-hydrogen) atoms. The van der Waals surface area contributed by atoms with Gasteiger partial charge in [-0.1, -0.05) is 6.07 Å². The van der Waals surface area contributed by atoms with Gasteiger partial charge in [-0.2, -0.15) is 4.31 Å². The Morgan fingerprint density at radius 1 is 1.00 bits per heavy atom. The van der Waals surface area contributed by atoms with E-state index in [2.05, 4.69) is 9.47 Å². The number of hydrogen-bond donors (Lipinski definition) is 0. The molecule has 0 N–H and O–H groups in total. The summed E-state index contributed by atoms with van der Waals surface area (Å²) in [4.78, 5) is 37.6. The number of methoxy groups -OCH3 is 2. The smallest absolute Gasteiger partial charge is 0.325 e. The molecule has 0 radical (unpaired) electrons. The number of carbonyl (C=O) groups is 3. The molecular formula is C21H28N2O7S. The van der Waals surface area contributed by atoms with E-state index < -0.39 is 27.9 Å². The van der Waals surface area contributed by atoms with Crippen LogP contribution in [0.5, 0.6) is 0 Å². The highest BCUT2D eigenvalue weighted by molar-refractivity contribution is 7.89. The van der Waals surface area contributed by atoms with Gasteiger partial charge >= 0.3 is 11.9 Å². The Bertz CT molecular complexity index is 934. The largest absolute Gasteiger partial charge is 0.468 e. The Balaban J connectivity index is 1.66. The SMILES string of the molecule is COC(=O)CN(CC(=O)OC)C(=O)C1CCN(S(=O)(=O)c2ccc3c(c2)CCC3)CC1. The van der Waals surface area contributed by atoms with Crippen LogP contribution >= 0.6 is 0 Å². The number of sulfonamides is 1. The van der Waals surface area contributed by atoms with Crippen LogP contribution < -0.4 is 0 Å². The lowest BCUT2D eigenvalue weighted by molar-refractivity contribution is -0.154. The van der Waals surface area contributed by atoms with Crippen LogP contribution in [0.25, 0.3) is 0 Å². The highest BCUT2D eigenvalue weighted by Crippen LogP contribution is 2.29. The van der Waals surface area contributed by atoms with Gasteiger partial charge in [-0.15, -0.1) is 0 Å². The lowest BCUT2D eigenvalue weighted by atomic mass is 9.96. The molecule has 1 amide bonds. The molecule has 9 nitrogen and oxygen atoms in total. The molecule has 0 saturated carbocycles. The van der Waals surface area contributed by atoms with E-state index in [1.807, 2.05) is 6.07 Å². The highest BCUT2D eigenvalue weighted by Gasteiger charge is 2.35. The van der Waals surface area contributed by atoms with Gasteiger partial charge in [0.05, 0.1) is 19.1 Å². The quantitative estimate of drug-likeness (QED) is 0.562. The van der Waals surface area contributed by atoms with Crippen LogP contribution in [0, 0.1) is 5.92 Å². The van der Waals surface area contributed by atoms with Gasteiger partial charge in [0.1, 0.15) is 13.1 Å². The maximum Gasteiger partial charge on any atom is 0.325 e. The zero-order chi connectivity index (χ0) is 22.6. The number of ether oxygens (including phenoxy) is 2. The Morgan fingerprint density at radius 2 is 1.58 bits per heavy atom. The van der Waals surface area contributed by atoms with Gasteiger partial charge < -0.3 is 14.4 Å². The van der Waals surface area contributed by atoms with Crippen LogP contribution in [0.15, 0.2) is 23.1 Å². The second-order valence-electron chi connectivity index (χ2n) is 7.81. The summed E-state index contributed by atoms with van der Waals surface area (Å²) in [5.74, 6) is -2.16. The summed E-state index contributed by atoms with van der Waals surface area (Å²) < 4.78 is 36.8. The first kappa shape index (κ1) is 23.2. The second-order valence-corrected chi connectivity index (χ2v) is 9.75. The number of amides is 1. The number of aryl methyl sites for hydroxylation is 2. The van der Waals surface area contributed by atoms with E-state index in [1.165, 1.54) is 24.1 Å². The highest BCUT2D eigenvalue weighted by atomic mass is 32.2. The fraction of sp³-hybridized carbons (Fsp3) is 0.571. The Morgan fingerprint density at radius 3 is 2.16 bits per heavy atom. The third-order valence-corrected chi connectivity index (χ3v) is 7.81. The Kier molecular flexibility index (Phi) is 7.32. The molecule has 1 aromatic carbocycles. The second kappa shape index (κ2) is 9.78. The van der Waals surface area contributed by atoms with Gasteiger partial charge in [-0.3, -0.25) is 14.4 Å². The van der Waals surface area contributed by atoms with E-state index in [4.69, 9.17) is 0 Å². The van der Waals surface area contributed by atoms with Crippen LogP contribution in [-0.4, -0.2) is 75.9 Å². The van der Waals surface area contributed by atoms with Crippen LogP contribution in [0.4, 0.5) is 0 Å². The molecule has 0 spiro atoms. The number of piperidine rings is 1. The van der Waals surface area contributed by atoms with Gasteiger partial charge in [-0.25, -0.2) is 8.42 Å². The van der Waals surface area contributed by atoms with Crippen molar-refractivity contribution in [1.29, 1.82) is 0 Å². The summed E-state index contributed by atoms with van der Waals surface area (Å²) in [5, 5.41) is 0. The van der Waals surface area contributed by atoms with E-state index >= 15 is 0 Å². The summed E-state index contributed by atoms with van der Waals surface area (Å²) in [6, 6.07) is 5.32. The number of esters is 2. The maximum atomic E-state index is 13.1. The van der Waals surface area contributed by atoms with Gasteiger partial charge in [-0.05, 0) is 55.4 Å². The van der Waals surface area contributed by atoms with Gasteiger partial charge in [0.2, 0.25) is 15.9 Å². The van der Waals surface area contributed by atoms with Crippen molar-refractivity contribution in [3.05, 3.63) is 29.3 Å². The predicted octanol–water partition coefficient (Wildman–Crippen LogP) is 0.751. The van der Waals surface area contributed by atoms with Crippen molar-refractivity contribution in [2.24, 2.45) is 5.92 Å². The number of nitrogens with zero attached hydrogens (tertiary/aromatic N) is 2. The average molecular weight is 453 g/mol. The van der Waals surface area contributed by atoms with Crippen molar-refractivity contribution in [2.45, 2.75) is 37.0 Å². The molecule has 1 fully saturated rings. The molecule has 1 aromatic rings. The summed E-state index contributed by atoms with van der Waals surface area (Å²) >= 11 is 0. The van der Waals surface area contributed by atoms with Crippen molar-refractivity contribution < 1.29 is 32.3 Å². The standard InChI is InChI=1S/C21H28N2O7S/c1-29-19(24)13-22(14-20(25)30-2)21(26)16-8-10-23(11-9-16)31(27,28)18-7-6-15-4-3-5-17(15)12-18/h6-7,12,16H,3-5,8-11,13-14H2,1-2H3. The molecule has 0 bridgehead atoms. The molecule has 2 aliphatic rings. The number of benzene rings is 1. The first-order chi connectivity index (χ1) is 14.8. The number of carbonyl (C=O) groups excluding carboxylic acids is 3. The molecule has 1 saturated heterocycles. The van der Waals surface area contributed by atoms with Gasteiger partial charge in [0.25, 0.3) is 0 Å². The minimum atomic E-state index is -3.64. The molecule has 1 heterocycles.